The lowest BCUT2D eigenvalue weighted by Crippen LogP contribution is -2.15. The number of ether oxygens (including phenoxy) is 4. The Labute approximate surface area is 98.5 Å². The average Bonchev–Trinajstić information content (AvgIpc) is 2.74. The molecule has 1 aliphatic heterocycles. The molecule has 1 atom stereocenters. The van der Waals surface area contributed by atoms with Crippen LogP contribution in [-0.2, 0) is 9.53 Å². The Bertz CT molecular complexity index is 430. The van der Waals surface area contributed by atoms with Gasteiger partial charge in [-0.05, 0) is 0 Å². The molecule has 5 nitrogen and oxygen atoms in total. The van der Waals surface area contributed by atoms with E-state index in [-0.39, 0.29) is 0 Å². The highest BCUT2D eigenvalue weighted by Crippen LogP contribution is 2.28. The van der Waals surface area contributed by atoms with E-state index in [4.69, 9.17) is 18.9 Å². The number of carbonyl (C=O) groups is 1. The molecule has 0 N–H and O–H groups in total. The molecule has 0 fully saturated rings. The van der Waals surface area contributed by atoms with Gasteiger partial charge >= 0.3 is 5.97 Å². The first kappa shape index (κ1) is 11.3. The lowest BCUT2D eigenvalue weighted by Gasteiger charge is -2.13. The maximum absolute atomic E-state index is 10.9. The van der Waals surface area contributed by atoms with E-state index in [1.165, 1.54) is 12.2 Å². The third-order valence-corrected chi connectivity index (χ3v) is 2.20. The van der Waals surface area contributed by atoms with Crippen LogP contribution in [-0.4, -0.2) is 26.5 Å². The van der Waals surface area contributed by atoms with E-state index < -0.39 is 12.3 Å². The Morgan fingerprint density at radius 3 is 2.12 bits per heavy atom. The summed E-state index contributed by atoms with van der Waals surface area (Å²) in [5, 5.41) is 0. The molecule has 0 unspecified atom stereocenters. The van der Waals surface area contributed by atoms with E-state index in [1.54, 1.807) is 32.4 Å². The highest BCUT2D eigenvalue weighted by molar-refractivity contribution is 5.84. The highest BCUT2D eigenvalue weighted by atomic mass is 16.7. The van der Waals surface area contributed by atoms with Crippen LogP contribution in [0.25, 0.3) is 0 Å². The molecule has 1 aromatic rings. The van der Waals surface area contributed by atoms with Crippen molar-refractivity contribution >= 4 is 5.97 Å². The third-order valence-electron chi connectivity index (χ3n) is 2.20. The lowest BCUT2D eigenvalue weighted by atomic mass is 10.3. The standard InChI is InChI=1S/C12H12O5/c1-14-8-5-9(15-2)7-10(6-8)16-12-4-3-11(13)17-12/h3-7,12H,1-2H3/t12-/m0/s1. The van der Waals surface area contributed by atoms with Crippen molar-refractivity contribution < 1.29 is 23.7 Å². The molecule has 0 bridgehead atoms. The molecule has 0 aliphatic carbocycles. The molecule has 0 amide bonds. The van der Waals surface area contributed by atoms with Crippen LogP contribution in [0.4, 0.5) is 0 Å². The molecular formula is C12H12O5. The molecule has 0 aromatic heterocycles. The monoisotopic (exact) mass is 236 g/mol. The predicted octanol–water partition coefficient (Wildman–Crippen LogP) is 1.52. The highest BCUT2D eigenvalue weighted by Gasteiger charge is 2.18. The maximum Gasteiger partial charge on any atom is 0.334 e. The van der Waals surface area contributed by atoms with Gasteiger partial charge in [-0.3, -0.25) is 0 Å². The SMILES string of the molecule is COc1cc(OC)cc(O[C@@H]2C=CC(=O)O2)c1. The number of benzene rings is 1. The molecule has 17 heavy (non-hydrogen) atoms. The molecule has 0 saturated heterocycles. The zero-order valence-electron chi connectivity index (χ0n) is 9.51. The molecule has 0 spiro atoms. The first-order valence-corrected chi connectivity index (χ1v) is 5.00. The van der Waals surface area contributed by atoms with Crippen molar-refractivity contribution in [1.82, 2.24) is 0 Å². The Balaban J connectivity index is 2.14. The van der Waals surface area contributed by atoms with Gasteiger partial charge in [0.15, 0.2) is 0 Å². The summed E-state index contributed by atoms with van der Waals surface area (Å²) in [5.41, 5.74) is 0. The first-order chi connectivity index (χ1) is 8.21. The van der Waals surface area contributed by atoms with Gasteiger partial charge in [0.1, 0.15) is 17.2 Å². The van der Waals surface area contributed by atoms with Crippen LogP contribution in [0.3, 0.4) is 0 Å². The number of methoxy groups -OCH3 is 2. The average molecular weight is 236 g/mol. The van der Waals surface area contributed by atoms with Crippen molar-refractivity contribution in [2.24, 2.45) is 0 Å². The van der Waals surface area contributed by atoms with Crippen LogP contribution in [0.1, 0.15) is 0 Å². The zero-order chi connectivity index (χ0) is 12.3. The summed E-state index contributed by atoms with van der Waals surface area (Å²) in [4.78, 5) is 10.9. The van der Waals surface area contributed by atoms with Crippen molar-refractivity contribution in [3.05, 3.63) is 30.4 Å². The van der Waals surface area contributed by atoms with Gasteiger partial charge < -0.3 is 18.9 Å². The summed E-state index contributed by atoms with van der Waals surface area (Å²) in [5.74, 6) is 1.30. The van der Waals surface area contributed by atoms with Gasteiger partial charge in [-0.1, -0.05) is 0 Å². The van der Waals surface area contributed by atoms with Gasteiger partial charge in [-0.25, -0.2) is 4.79 Å². The number of hydrogen-bond acceptors (Lipinski definition) is 5. The zero-order valence-corrected chi connectivity index (χ0v) is 9.51. The normalized spacial score (nSPS) is 17.8. The van der Waals surface area contributed by atoms with E-state index in [0.717, 1.165) is 0 Å². The second-order valence-corrected chi connectivity index (χ2v) is 3.33. The number of esters is 1. The van der Waals surface area contributed by atoms with Gasteiger partial charge in [0.25, 0.3) is 6.29 Å². The van der Waals surface area contributed by atoms with Gasteiger partial charge in [-0.15, -0.1) is 0 Å². The third kappa shape index (κ3) is 2.69. The van der Waals surface area contributed by atoms with Crippen LogP contribution in [0.5, 0.6) is 17.2 Å². The molecule has 1 heterocycles. The quantitative estimate of drug-likeness (QED) is 0.742. The van der Waals surface area contributed by atoms with E-state index in [9.17, 15) is 4.79 Å². The van der Waals surface area contributed by atoms with Gasteiger partial charge in [0, 0.05) is 30.4 Å². The predicted molar refractivity (Wildman–Crippen MR) is 59.2 cm³/mol. The molecule has 5 heteroatoms. The van der Waals surface area contributed by atoms with E-state index in [0.29, 0.717) is 17.2 Å². The molecule has 90 valence electrons. The minimum atomic E-state index is -0.695. The summed E-state index contributed by atoms with van der Waals surface area (Å²) in [6, 6.07) is 5.09. The first-order valence-electron chi connectivity index (χ1n) is 5.00. The Kier molecular flexibility index (Phi) is 3.18. The number of carbonyl (C=O) groups excluding carboxylic acids is 1. The summed E-state index contributed by atoms with van der Waals surface area (Å²) >= 11 is 0. The smallest absolute Gasteiger partial charge is 0.334 e. The molecular weight excluding hydrogens is 224 g/mol. The van der Waals surface area contributed by atoms with E-state index >= 15 is 0 Å². The summed E-state index contributed by atoms with van der Waals surface area (Å²) in [7, 11) is 3.10. The largest absolute Gasteiger partial charge is 0.496 e. The summed E-state index contributed by atoms with van der Waals surface area (Å²) < 4.78 is 20.5. The minimum absolute atomic E-state index is 0.412. The van der Waals surface area contributed by atoms with E-state index in [1.807, 2.05) is 0 Å². The Morgan fingerprint density at radius 2 is 1.65 bits per heavy atom. The Hall–Kier alpha value is -2.17. The van der Waals surface area contributed by atoms with Crippen LogP contribution >= 0.6 is 0 Å². The van der Waals surface area contributed by atoms with Crippen LogP contribution in [0, 0.1) is 0 Å². The van der Waals surface area contributed by atoms with Crippen LogP contribution in [0.2, 0.25) is 0 Å². The Morgan fingerprint density at radius 1 is 1.06 bits per heavy atom. The van der Waals surface area contributed by atoms with Crippen molar-refractivity contribution in [2.75, 3.05) is 14.2 Å². The fourth-order valence-electron chi connectivity index (χ4n) is 1.40. The van der Waals surface area contributed by atoms with Crippen LogP contribution < -0.4 is 14.2 Å². The van der Waals surface area contributed by atoms with Crippen molar-refractivity contribution in [2.45, 2.75) is 6.29 Å². The molecule has 2 rings (SSSR count). The second kappa shape index (κ2) is 4.78. The van der Waals surface area contributed by atoms with E-state index in [2.05, 4.69) is 0 Å². The lowest BCUT2D eigenvalue weighted by molar-refractivity contribution is -0.147. The number of rotatable bonds is 4. The fraction of sp³-hybridized carbons (Fsp3) is 0.250. The molecule has 1 aliphatic rings. The summed E-state index contributed by atoms with van der Waals surface area (Å²) in [6.45, 7) is 0. The number of hydrogen-bond donors (Lipinski definition) is 0. The van der Waals surface area contributed by atoms with Crippen molar-refractivity contribution in [3.8, 4) is 17.2 Å². The molecule has 0 radical (unpaired) electrons. The number of cyclic esters (lactones) is 1. The maximum atomic E-state index is 10.9. The second-order valence-electron chi connectivity index (χ2n) is 3.33. The molecule has 1 aromatic carbocycles. The minimum Gasteiger partial charge on any atom is -0.496 e. The summed E-state index contributed by atoms with van der Waals surface area (Å²) in [6.07, 6.45) is 2.16. The van der Waals surface area contributed by atoms with Crippen molar-refractivity contribution in [1.29, 1.82) is 0 Å². The fourth-order valence-corrected chi connectivity index (χ4v) is 1.40. The van der Waals surface area contributed by atoms with Gasteiger partial charge in [0.05, 0.1) is 14.2 Å². The topological polar surface area (TPSA) is 54.0 Å². The van der Waals surface area contributed by atoms with Gasteiger partial charge in [0.2, 0.25) is 0 Å². The van der Waals surface area contributed by atoms with Crippen molar-refractivity contribution in [3.63, 3.8) is 0 Å². The molecule has 0 saturated carbocycles. The van der Waals surface area contributed by atoms with Crippen LogP contribution in [0.15, 0.2) is 30.4 Å². The van der Waals surface area contributed by atoms with Gasteiger partial charge in [-0.2, -0.15) is 0 Å².